The maximum atomic E-state index is 12.0. The normalized spacial score (nSPS) is 11.9. The van der Waals surface area contributed by atoms with Crippen molar-refractivity contribution in [3.63, 3.8) is 0 Å². The fourth-order valence-corrected chi connectivity index (χ4v) is 2.01. The molecule has 0 atom stereocenters. The van der Waals surface area contributed by atoms with Crippen LogP contribution in [0.1, 0.15) is 31.3 Å². The number of aromatic nitrogens is 3. The van der Waals surface area contributed by atoms with Crippen molar-refractivity contribution in [2.45, 2.75) is 26.4 Å². The number of ether oxygens (including phenoxy) is 1. The van der Waals surface area contributed by atoms with Gasteiger partial charge in [0, 0.05) is 5.39 Å². The number of hydrogen-bond donors (Lipinski definition) is 0. The van der Waals surface area contributed by atoms with Crippen molar-refractivity contribution in [3.8, 4) is 0 Å². The lowest BCUT2D eigenvalue weighted by Crippen LogP contribution is -2.24. The first-order valence-corrected chi connectivity index (χ1v) is 6.42. The number of hydrogen-bond acceptors (Lipinski definition) is 4. The molecular formula is C15H15N3O2. The van der Waals surface area contributed by atoms with Crippen molar-refractivity contribution in [1.82, 2.24) is 14.8 Å². The first kappa shape index (κ1) is 12.6. The van der Waals surface area contributed by atoms with E-state index in [1.165, 1.54) is 4.63 Å². The number of nitrogens with zero attached hydrogens (tertiary/aromatic N) is 3. The molecule has 3 rings (SSSR count). The van der Waals surface area contributed by atoms with Crippen LogP contribution < -0.4 is 0 Å². The zero-order valence-electron chi connectivity index (χ0n) is 11.6. The molecule has 5 nitrogen and oxygen atoms in total. The minimum absolute atomic E-state index is 0.250. The molecule has 0 saturated heterocycles. The van der Waals surface area contributed by atoms with Crippen molar-refractivity contribution < 1.29 is 9.53 Å². The van der Waals surface area contributed by atoms with Gasteiger partial charge in [0.2, 0.25) is 0 Å². The third-order valence-corrected chi connectivity index (χ3v) is 2.81. The Hall–Kier alpha value is -2.43. The Labute approximate surface area is 116 Å². The van der Waals surface area contributed by atoms with Gasteiger partial charge in [0.1, 0.15) is 5.60 Å². The summed E-state index contributed by atoms with van der Waals surface area (Å²) >= 11 is 0. The van der Waals surface area contributed by atoms with E-state index in [9.17, 15) is 4.79 Å². The molecule has 1 aromatic carbocycles. The molecule has 2 aromatic heterocycles. The summed E-state index contributed by atoms with van der Waals surface area (Å²) in [5.41, 5.74) is 1.43. The average molecular weight is 269 g/mol. The Morgan fingerprint density at radius 2 is 1.85 bits per heavy atom. The summed E-state index contributed by atoms with van der Waals surface area (Å²) in [6, 6.07) is 11.3. The average Bonchev–Trinajstić information content (AvgIpc) is 2.74. The van der Waals surface area contributed by atoms with Gasteiger partial charge in [0.15, 0.2) is 5.69 Å². The highest BCUT2D eigenvalue weighted by Gasteiger charge is 2.19. The molecular weight excluding hydrogens is 254 g/mol. The minimum atomic E-state index is -0.539. The Kier molecular flexibility index (Phi) is 2.71. The first-order valence-electron chi connectivity index (χ1n) is 6.42. The van der Waals surface area contributed by atoms with Crippen LogP contribution in [0.2, 0.25) is 0 Å². The van der Waals surface area contributed by atoms with Crippen LogP contribution in [0.3, 0.4) is 0 Å². The van der Waals surface area contributed by atoms with Crippen molar-refractivity contribution in [2.75, 3.05) is 0 Å². The number of carbonyl (C=O) groups excluding carboxylic acids is 1. The highest BCUT2D eigenvalue weighted by Crippen LogP contribution is 2.19. The molecule has 0 unspecified atom stereocenters. The Balaban J connectivity index is 2.07. The highest BCUT2D eigenvalue weighted by molar-refractivity contribution is 5.95. The molecule has 0 aliphatic rings. The second-order valence-corrected chi connectivity index (χ2v) is 5.61. The molecule has 3 aromatic rings. The van der Waals surface area contributed by atoms with Crippen LogP contribution in [0.15, 0.2) is 36.4 Å². The third-order valence-electron chi connectivity index (χ3n) is 2.81. The summed E-state index contributed by atoms with van der Waals surface area (Å²) in [6.45, 7) is 5.48. The summed E-state index contributed by atoms with van der Waals surface area (Å²) in [7, 11) is 0. The van der Waals surface area contributed by atoms with E-state index < -0.39 is 11.6 Å². The van der Waals surface area contributed by atoms with Crippen LogP contribution in [0.5, 0.6) is 0 Å². The molecule has 0 N–H and O–H groups in total. The predicted molar refractivity (Wildman–Crippen MR) is 75.7 cm³/mol. The maximum Gasteiger partial charge on any atom is 0.359 e. The standard InChI is InChI=1S/C15H15N3O2/c1-15(2,3)20-14(19)12-8-9-13-10-6-4-5-7-11(10)16-18(13)17-12/h4-9H,1-3H3. The van der Waals surface area contributed by atoms with E-state index in [2.05, 4.69) is 10.2 Å². The van der Waals surface area contributed by atoms with Crippen LogP contribution in [-0.4, -0.2) is 26.4 Å². The molecule has 0 aliphatic heterocycles. The van der Waals surface area contributed by atoms with E-state index in [1.807, 2.05) is 51.1 Å². The summed E-state index contributed by atoms with van der Waals surface area (Å²) < 4.78 is 6.78. The number of fused-ring (bicyclic) bond motifs is 3. The van der Waals surface area contributed by atoms with E-state index in [1.54, 1.807) is 6.07 Å². The number of rotatable bonds is 1. The lowest BCUT2D eigenvalue weighted by Gasteiger charge is -2.18. The molecule has 102 valence electrons. The van der Waals surface area contributed by atoms with Crippen molar-refractivity contribution in [3.05, 3.63) is 42.1 Å². The van der Waals surface area contributed by atoms with Crippen LogP contribution in [0.4, 0.5) is 0 Å². The molecule has 2 heterocycles. The Bertz CT molecular complexity index is 800. The van der Waals surface area contributed by atoms with E-state index >= 15 is 0 Å². The fourth-order valence-electron chi connectivity index (χ4n) is 2.01. The van der Waals surface area contributed by atoms with Gasteiger partial charge in [-0.1, -0.05) is 18.2 Å². The summed E-state index contributed by atoms with van der Waals surface area (Å²) in [6.07, 6.45) is 0. The van der Waals surface area contributed by atoms with Gasteiger partial charge in [-0.05, 0) is 39.0 Å². The molecule has 0 radical (unpaired) electrons. The van der Waals surface area contributed by atoms with E-state index in [0.29, 0.717) is 0 Å². The molecule has 0 aliphatic carbocycles. The minimum Gasteiger partial charge on any atom is -0.455 e. The van der Waals surface area contributed by atoms with Gasteiger partial charge in [0.05, 0.1) is 11.0 Å². The van der Waals surface area contributed by atoms with Gasteiger partial charge in [-0.2, -0.15) is 0 Å². The van der Waals surface area contributed by atoms with Gasteiger partial charge >= 0.3 is 5.97 Å². The highest BCUT2D eigenvalue weighted by atomic mass is 16.6. The molecule has 20 heavy (non-hydrogen) atoms. The van der Waals surface area contributed by atoms with Crippen molar-refractivity contribution >= 4 is 22.4 Å². The van der Waals surface area contributed by atoms with E-state index in [4.69, 9.17) is 4.74 Å². The molecule has 0 bridgehead atoms. The molecule has 0 fully saturated rings. The molecule has 5 heteroatoms. The van der Waals surface area contributed by atoms with Crippen molar-refractivity contribution in [2.24, 2.45) is 0 Å². The number of benzene rings is 1. The summed E-state index contributed by atoms with van der Waals surface area (Å²) in [4.78, 5) is 12.0. The van der Waals surface area contributed by atoms with Gasteiger partial charge < -0.3 is 4.74 Å². The summed E-state index contributed by atoms with van der Waals surface area (Å²) in [5.74, 6) is -0.445. The van der Waals surface area contributed by atoms with Gasteiger partial charge in [-0.15, -0.1) is 14.8 Å². The monoisotopic (exact) mass is 269 g/mol. The Morgan fingerprint density at radius 1 is 1.10 bits per heavy atom. The SMILES string of the molecule is CC(C)(C)OC(=O)c1ccc2c3ccccc3nn2n1. The second-order valence-electron chi connectivity index (χ2n) is 5.61. The first-order chi connectivity index (χ1) is 9.44. The lowest BCUT2D eigenvalue weighted by atomic mass is 10.2. The van der Waals surface area contributed by atoms with Crippen LogP contribution >= 0.6 is 0 Å². The van der Waals surface area contributed by atoms with Crippen molar-refractivity contribution in [1.29, 1.82) is 0 Å². The predicted octanol–water partition coefficient (Wildman–Crippen LogP) is 2.84. The zero-order valence-corrected chi connectivity index (χ0v) is 11.6. The van der Waals surface area contributed by atoms with Crippen LogP contribution in [0.25, 0.3) is 16.4 Å². The summed E-state index contributed by atoms with van der Waals surface area (Å²) in [5, 5.41) is 9.59. The third kappa shape index (κ3) is 2.22. The largest absolute Gasteiger partial charge is 0.455 e. The number of carbonyl (C=O) groups is 1. The second kappa shape index (κ2) is 4.30. The van der Waals surface area contributed by atoms with Crippen LogP contribution in [-0.2, 0) is 4.74 Å². The number of esters is 1. The van der Waals surface area contributed by atoms with Crippen LogP contribution in [0, 0.1) is 0 Å². The maximum absolute atomic E-state index is 12.0. The molecule has 0 saturated carbocycles. The van der Waals surface area contributed by atoms with E-state index in [-0.39, 0.29) is 5.69 Å². The molecule has 0 amide bonds. The molecule has 0 spiro atoms. The topological polar surface area (TPSA) is 56.5 Å². The Morgan fingerprint density at radius 3 is 2.60 bits per heavy atom. The van der Waals surface area contributed by atoms with E-state index in [0.717, 1.165) is 16.4 Å². The van der Waals surface area contributed by atoms with Gasteiger partial charge in [0.25, 0.3) is 0 Å². The van der Waals surface area contributed by atoms with Gasteiger partial charge in [-0.25, -0.2) is 4.79 Å². The quantitative estimate of drug-likeness (QED) is 0.637. The lowest BCUT2D eigenvalue weighted by molar-refractivity contribution is 0.00609. The zero-order chi connectivity index (χ0) is 14.3. The smallest absolute Gasteiger partial charge is 0.359 e. The van der Waals surface area contributed by atoms with Gasteiger partial charge in [-0.3, -0.25) is 0 Å². The fraction of sp³-hybridized carbons (Fsp3) is 0.267.